The molecule has 1 fully saturated rings. The second kappa shape index (κ2) is 5.32. The quantitative estimate of drug-likeness (QED) is 0.863. The molecule has 1 N–H and O–H groups in total. The van der Waals surface area contributed by atoms with Crippen molar-refractivity contribution in [2.24, 2.45) is 0 Å². The Morgan fingerprint density at radius 2 is 2.10 bits per heavy atom. The maximum absolute atomic E-state index is 11.8. The molecule has 6 nitrogen and oxygen atoms in total. The lowest BCUT2D eigenvalue weighted by atomic mass is 10.1. The fraction of sp³-hybridized carbons (Fsp3) is 0.357. The molecule has 1 aliphatic rings. The highest BCUT2D eigenvalue weighted by Crippen LogP contribution is 2.27. The van der Waals surface area contributed by atoms with Gasteiger partial charge in [-0.2, -0.15) is 5.10 Å². The molecular weight excluding hydrogens is 256 g/mol. The zero-order chi connectivity index (χ0) is 13.9. The lowest BCUT2D eigenvalue weighted by Gasteiger charge is -2.19. The monoisotopic (exact) mass is 272 g/mol. The molecule has 2 heterocycles. The number of carbonyl (C=O) groups is 1. The normalized spacial score (nSPS) is 14.6. The summed E-state index contributed by atoms with van der Waals surface area (Å²) < 4.78 is 4.82. The summed E-state index contributed by atoms with van der Waals surface area (Å²) in [5.74, 6) is 0.308. The van der Waals surface area contributed by atoms with Gasteiger partial charge in [-0.1, -0.05) is 0 Å². The van der Waals surface area contributed by atoms with E-state index >= 15 is 0 Å². The van der Waals surface area contributed by atoms with Gasteiger partial charge in [-0.3, -0.25) is 5.10 Å². The van der Waals surface area contributed by atoms with Gasteiger partial charge < -0.3 is 9.64 Å². The van der Waals surface area contributed by atoms with Crippen LogP contribution in [0.1, 0.15) is 23.2 Å². The highest BCUT2D eigenvalue weighted by molar-refractivity contribution is 5.92. The molecule has 0 amide bonds. The first kappa shape index (κ1) is 12.7. The molecule has 20 heavy (non-hydrogen) atoms. The Kier molecular flexibility index (Phi) is 3.37. The van der Waals surface area contributed by atoms with Crippen molar-refractivity contribution < 1.29 is 9.53 Å². The van der Waals surface area contributed by atoms with Crippen molar-refractivity contribution in [1.29, 1.82) is 0 Å². The average Bonchev–Trinajstić information content (AvgIpc) is 3.18. The summed E-state index contributed by atoms with van der Waals surface area (Å²) in [6.45, 7) is 2.03. The number of H-pyrrole nitrogens is 1. The molecule has 0 bridgehead atoms. The third-order valence-electron chi connectivity index (χ3n) is 3.50. The fourth-order valence-corrected chi connectivity index (χ4v) is 2.49. The molecular formula is C14H16N4O2. The van der Waals surface area contributed by atoms with Crippen LogP contribution in [0.15, 0.2) is 24.5 Å². The van der Waals surface area contributed by atoms with Crippen LogP contribution in [-0.2, 0) is 4.74 Å². The van der Waals surface area contributed by atoms with E-state index in [1.807, 2.05) is 12.1 Å². The van der Waals surface area contributed by atoms with E-state index in [0.717, 1.165) is 24.3 Å². The van der Waals surface area contributed by atoms with Crippen LogP contribution in [0, 0.1) is 0 Å². The first-order valence-electron chi connectivity index (χ1n) is 6.62. The molecule has 1 saturated heterocycles. The molecule has 0 radical (unpaired) electrons. The van der Waals surface area contributed by atoms with Crippen LogP contribution in [0.3, 0.4) is 0 Å². The smallest absolute Gasteiger partial charge is 0.337 e. The molecule has 0 atom stereocenters. The Morgan fingerprint density at radius 3 is 2.75 bits per heavy atom. The second-order valence-electron chi connectivity index (χ2n) is 4.79. The lowest BCUT2D eigenvalue weighted by Crippen LogP contribution is -2.18. The minimum Gasteiger partial charge on any atom is -0.465 e. The van der Waals surface area contributed by atoms with E-state index < -0.39 is 0 Å². The summed E-state index contributed by atoms with van der Waals surface area (Å²) in [5, 5.41) is 6.68. The van der Waals surface area contributed by atoms with Crippen LogP contribution in [0.2, 0.25) is 0 Å². The number of aromatic nitrogens is 3. The molecule has 2 aromatic rings. The molecule has 0 spiro atoms. The Balaban J connectivity index is 2.05. The number of nitrogens with zero attached hydrogens (tertiary/aromatic N) is 3. The summed E-state index contributed by atoms with van der Waals surface area (Å²) in [7, 11) is 1.39. The van der Waals surface area contributed by atoms with Gasteiger partial charge in [0.1, 0.15) is 6.33 Å². The highest BCUT2D eigenvalue weighted by Gasteiger charge is 2.17. The number of esters is 1. The summed E-state index contributed by atoms with van der Waals surface area (Å²) >= 11 is 0. The molecule has 0 saturated carbocycles. The van der Waals surface area contributed by atoms with Crippen molar-refractivity contribution in [3.63, 3.8) is 0 Å². The van der Waals surface area contributed by atoms with Crippen LogP contribution in [0.5, 0.6) is 0 Å². The number of carbonyl (C=O) groups excluding carboxylic acids is 1. The summed E-state index contributed by atoms with van der Waals surface area (Å²) in [5.41, 5.74) is 2.40. The minimum atomic E-state index is -0.341. The van der Waals surface area contributed by atoms with E-state index in [4.69, 9.17) is 4.74 Å². The SMILES string of the molecule is COC(=O)c1cc(-c2ncn[nH]2)cc(N2CCCC2)c1. The van der Waals surface area contributed by atoms with E-state index in [-0.39, 0.29) is 5.97 Å². The third-order valence-corrected chi connectivity index (χ3v) is 3.50. The molecule has 1 aromatic carbocycles. The largest absolute Gasteiger partial charge is 0.465 e. The minimum absolute atomic E-state index is 0.341. The molecule has 1 aliphatic heterocycles. The van der Waals surface area contributed by atoms with E-state index in [0.29, 0.717) is 11.4 Å². The Hall–Kier alpha value is -2.37. The van der Waals surface area contributed by atoms with Crippen molar-refractivity contribution in [2.45, 2.75) is 12.8 Å². The fourth-order valence-electron chi connectivity index (χ4n) is 2.49. The van der Waals surface area contributed by atoms with Crippen LogP contribution >= 0.6 is 0 Å². The third kappa shape index (κ3) is 2.36. The average molecular weight is 272 g/mol. The number of methoxy groups -OCH3 is 1. The molecule has 6 heteroatoms. The highest BCUT2D eigenvalue weighted by atomic mass is 16.5. The number of anilines is 1. The van der Waals surface area contributed by atoms with Gasteiger partial charge in [0.2, 0.25) is 0 Å². The van der Waals surface area contributed by atoms with Gasteiger partial charge in [-0.15, -0.1) is 0 Å². The summed E-state index contributed by atoms with van der Waals surface area (Å²) in [6, 6.07) is 5.67. The lowest BCUT2D eigenvalue weighted by molar-refractivity contribution is 0.0601. The van der Waals surface area contributed by atoms with Gasteiger partial charge in [0.25, 0.3) is 0 Å². The number of nitrogens with one attached hydrogen (secondary N) is 1. The predicted molar refractivity (Wildman–Crippen MR) is 74.6 cm³/mol. The van der Waals surface area contributed by atoms with Crippen LogP contribution < -0.4 is 4.90 Å². The van der Waals surface area contributed by atoms with E-state index in [2.05, 4.69) is 20.1 Å². The second-order valence-corrected chi connectivity index (χ2v) is 4.79. The van der Waals surface area contributed by atoms with Gasteiger partial charge >= 0.3 is 5.97 Å². The first-order valence-corrected chi connectivity index (χ1v) is 6.62. The summed E-state index contributed by atoms with van der Waals surface area (Å²) in [6.07, 6.45) is 3.82. The van der Waals surface area contributed by atoms with Crippen molar-refractivity contribution in [2.75, 3.05) is 25.1 Å². The van der Waals surface area contributed by atoms with E-state index in [9.17, 15) is 4.79 Å². The first-order chi connectivity index (χ1) is 9.78. The van der Waals surface area contributed by atoms with Gasteiger partial charge in [0.15, 0.2) is 5.82 Å². The molecule has 1 aromatic heterocycles. The van der Waals surface area contributed by atoms with Gasteiger partial charge in [-0.25, -0.2) is 9.78 Å². The predicted octanol–water partition coefficient (Wildman–Crippen LogP) is 1.86. The number of hydrogen-bond acceptors (Lipinski definition) is 5. The molecule has 0 aliphatic carbocycles. The number of ether oxygens (including phenoxy) is 1. The van der Waals surface area contributed by atoms with Gasteiger partial charge in [-0.05, 0) is 31.0 Å². The van der Waals surface area contributed by atoms with Crippen LogP contribution in [0.25, 0.3) is 11.4 Å². The van der Waals surface area contributed by atoms with Gasteiger partial charge in [0, 0.05) is 24.3 Å². The number of rotatable bonds is 3. The van der Waals surface area contributed by atoms with Crippen LogP contribution in [0.4, 0.5) is 5.69 Å². The van der Waals surface area contributed by atoms with Crippen molar-refractivity contribution in [3.8, 4) is 11.4 Å². The number of benzene rings is 1. The van der Waals surface area contributed by atoms with Crippen LogP contribution in [-0.4, -0.2) is 41.3 Å². The Morgan fingerprint density at radius 1 is 1.30 bits per heavy atom. The van der Waals surface area contributed by atoms with Crippen molar-refractivity contribution >= 4 is 11.7 Å². The Labute approximate surface area is 116 Å². The standard InChI is InChI=1S/C14H16N4O2/c1-20-14(19)11-6-10(13-15-9-16-17-13)7-12(8-11)18-4-2-3-5-18/h6-9H,2-5H2,1H3,(H,15,16,17). The van der Waals surface area contributed by atoms with Crippen molar-refractivity contribution in [3.05, 3.63) is 30.1 Å². The molecule has 0 unspecified atom stereocenters. The van der Waals surface area contributed by atoms with Crippen molar-refractivity contribution in [1.82, 2.24) is 15.2 Å². The number of hydrogen-bond donors (Lipinski definition) is 1. The number of aromatic amines is 1. The maximum atomic E-state index is 11.8. The van der Waals surface area contributed by atoms with Gasteiger partial charge in [0.05, 0.1) is 12.7 Å². The Bertz CT molecular complexity index is 604. The zero-order valence-corrected chi connectivity index (χ0v) is 11.3. The molecule has 104 valence electrons. The topological polar surface area (TPSA) is 71.1 Å². The molecule has 3 rings (SSSR count). The summed E-state index contributed by atoms with van der Waals surface area (Å²) in [4.78, 5) is 18.2. The van der Waals surface area contributed by atoms with E-state index in [1.165, 1.54) is 26.3 Å². The maximum Gasteiger partial charge on any atom is 0.337 e. The van der Waals surface area contributed by atoms with E-state index in [1.54, 1.807) is 6.07 Å². The zero-order valence-electron chi connectivity index (χ0n) is 11.3.